The van der Waals surface area contributed by atoms with E-state index in [4.69, 9.17) is 0 Å². The molecular formula is C34H30N2. The number of nitrogens with one attached hydrogen (secondary N) is 1. The van der Waals surface area contributed by atoms with Crippen LogP contribution in [-0.2, 0) is 0 Å². The molecule has 7 rings (SSSR count). The summed E-state index contributed by atoms with van der Waals surface area (Å²) in [6, 6.07) is 33.4. The molecule has 2 aliphatic rings. The van der Waals surface area contributed by atoms with Crippen LogP contribution in [0.15, 0.2) is 103 Å². The Morgan fingerprint density at radius 1 is 0.806 bits per heavy atom. The van der Waals surface area contributed by atoms with Gasteiger partial charge in [0.25, 0.3) is 0 Å². The molecule has 1 aliphatic carbocycles. The van der Waals surface area contributed by atoms with E-state index in [0.29, 0.717) is 5.92 Å². The molecule has 0 amide bonds. The van der Waals surface area contributed by atoms with Gasteiger partial charge in [0.1, 0.15) is 0 Å². The number of allylic oxidation sites excluding steroid dienone is 2. The molecule has 1 aromatic heterocycles. The molecule has 0 saturated heterocycles. The molecule has 36 heavy (non-hydrogen) atoms. The number of hydrogen-bond donors (Lipinski definition) is 1. The quantitative estimate of drug-likeness (QED) is 0.281. The maximum atomic E-state index is 3.76. The second kappa shape index (κ2) is 7.73. The number of para-hydroxylation sites is 2. The zero-order valence-electron chi connectivity index (χ0n) is 21.0. The van der Waals surface area contributed by atoms with Crippen LogP contribution in [0.3, 0.4) is 0 Å². The second-order valence-electron chi connectivity index (χ2n) is 10.8. The Morgan fingerprint density at radius 2 is 1.53 bits per heavy atom. The monoisotopic (exact) mass is 466 g/mol. The molecular weight excluding hydrogens is 436 g/mol. The molecule has 1 N–H and O–H groups in total. The van der Waals surface area contributed by atoms with E-state index in [-0.39, 0.29) is 5.54 Å². The number of nitrogens with zero attached hydrogens (tertiary/aromatic N) is 1. The van der Waals surface area contributed by atoms with Gasteiger partial charge in [0, 0.05) is 27.7 Å². The number of hydrogen-bond acceptors (Lipinski definition) is 1. The van der Waals surface area contributed by atoms with Crippen molar-refractivity contribution in [1.29, 1.82) is 0 Å². The molecule has 2 heterocycles. The van der Waals surface area contributed by atoms with Crippen LogP contribution >= 0.6 is 0 Å². The van der Waals surface area contributed by atoms with E-state index < -0.39 is 0 Å². The van der Waals surface area contributed by atoms with E-state index in [1.165, 1.54) is 61.0 Å². The van der Waals surface area contributed by atoms with E-state index >= 15 is 0 Å². The highest BCUT2D eigenvalue weighted by molar-refractivity contribution is 6.11. The van der Waals surface area contributed by atoms with Gasteiger partial charge in [-0.1, -0.05) is 68.5 Å². The van der Waals surface area contributed by atoms with Crippen molar-refractivity contribution < 1.29 is 0 Å². The third kappa shape index (κ3) is 3.10. The third-order valence-electron chi connectivity index (χ3n) is 8.06. The number of aromatic nitrogens is 1. The Kier molecular flexibility index (Phi) is 4.56. The molecule has 0 saturated carbocycles. The maximum absolute atomic E-state index is 3.76. The molecule has 1 atom stereocenters. The molecule has 5 aromatic rings. The molecule has 1 aliphatic heterocycles. The SMILES string of the molecule is CC(C)c1ccc2c(c1)c1cc(C3=CCC4(C)Nc5ccccc5C4=C3)ccc1n2-c1ccccc1. The van der Waals surface area contributed by atoms with Crippen molar-refractivity contribution in [2.24, 2.45) is 0 Å². The highest BCUT2D eigenvalue weighted by atomic mass is 15.0. The van der Waals surface area contributed by atoms with Gasteiger partial charge in [-0.05, 0) is 90.1 Å². The lowest BCUT2D eigenvalue weighted by Gasteiger charge is -2.30. The van der Waals surface area contributed by atoms with E-state index in [1.54, 1.807) is 0 Å². The fraction of sp³-hybridized carbons (Fsp3) is 0.176. The van der Waals surface area contributed by atoms with Gasteiger partial charge >= 0.3 is 0 Å². The van der Waals surface area contributed by atoms with Crippen molar-refractivity contribution in [2.45, 2.75) is 38.6 Å². The van der Waals surface area contributed by atoms with Gasteiger partial charge in [-0.2, -0.15) is 0 Å². The molecule has 0 bridgehead atoms. The summed E-state index contributed by atoms with van der Waals surface area (Å²) < 4.78 is 2.40. The van der Waals surface area contributed by atoms with Crippen molar-refractivity contribution in [3.05, 3.63) is 120 Å². The van der Waals surface area contributed by atoms with Crippen LogP contribution < -0.4 is 5.32 Å². The fourth-order valence-corrected chi connectivity index (χ4v) is 6.05. The predicted molar refractivity (Wildman–Crippen MR) is 154 cm³/mol. The first-order chi connectivity index (χ1) is 17.5. The van der Waals surface area contributed by atoms with Crippen molar-refractivity contribution in [3.63, 3.8) is 0 Å². The molecule has 4 aromatic carbocycles. The Hall–Kier alpha value is -4.04. The Bertz CT molecular complexity index is 1720. The Labute approximate surface area is 212 Å². The molecule has 0 spiro atoms. The average molecular weight is 467 g/mol. The highest BCUT2D eigenvalue weighted by Crippen LogP contribution is 2.48. The van der Waals surface area contributed by atoms with Crippen LogP contribution in [-0.4, -0.2) is 10.1 Å². The molecule has 0 fully saturated rings. The summed E-state index contributed by atoms with van der Waals surface area (Å²) in [4.78, 5) is 0. The topological polar surface area (TPSA) is 17.0 Å². The second-order valence-corrected chi connectivity index (χ2v) is 10.8. The van der Waals surface area contributed by atoms with Crippen LogP contribution in [0.5, 0.6) is 0 Å². The van der Waals surface area contributed by atoms with Gasteiger partial charge in [-0.15, -0.1) is 0 Å². The van der Waals surface area contributed by atoms with Crippen LogP contribution in [0.25, 0.3) is 38.6 Å². The summed E-state index contributed by atoms with van der Waals surface area (Å²) in [5.74, 6) is 0.492. The summed E-state index contributed by atoms with van der Waals surface area (Å²) in [7, 11) is 0. The zero-order valence-corrected chi connectivity index (χ0v) is 21.0. The highest BCUT2D eigenvalue weighted by Gasteiger charge is 2.38. The van der Waals surface area contributed by atoms with Gasteiger partial charge in [-0.25, -0.2) is 0 Å². The Morgan fingerprint density at radius 3 is 2.33 bits per heavy atom. The minimum Gasteiger partial charge on any atom is -0.375 e. The summed E-state index contributed by atoms with van der Waals surface area (Å²) >= 11 is 0. The van der Waals surface area contributed by atoms with Crippen LogP contribution in [0.1, 0.15) is 49.8 Å². The van der Waals surface area contributed by atoms with Crippen molar-refractivity contribution in [1.82, 2.24) is 4.57 Å². The minimum absolute atomic E-state index is 0.0349. The maximum Gasteiger partial charge on any atom is 0.0638 e. The van der Waals surface area contributed by atoms with Crippen LogP contribution in [0, 0.1) is 0 Å². The third-order valence-corrected chi connectivity index (χ3v) is 8.06. The van der Waals surface area contributed by atoms with Gasteiger partial charge in [0.15, 0.2) is 0 Å². The first-order valence-electron chi connectivity index (χ1n) is 13.0. The summed E-state index contributed by atoms with van der Waals surface area (Å²) in [6.07, 6.45) is 5.78. The number of rotatable bonds is 3. The van der Waals surface area contributed by atoms with Crippen LogP contribution in [0.2, 0.25) is 0 Å². The van der Waals surface area contributed by atoms with Crippen molar-refractivity contribution in [3.8, 4) is 5.69 Å². The van der Waals surface area contributed by atoms with E-state index in [9.17, 15) is 0 Å². The molecule has 1 unspecified atom stereocenters. The molecule has 2 heteroatoms. The molecule has 176 valence electrons. The zero-order chi connectivity index (χ0) is 24.4. The lowest BCUT2D eigenvalue weighted by molar-refractivity contribution is 0.679. The lowest BCUT2D eigenvalue weighted by atomic mass is 9.80. The van der Waals surface area contributed by atoms with Gasteiger partial charge in [-0.3, -0.25) is 0 Å². The lowest BCUT2D eigenvalue weighted by Crippen LogP contribution is -2.32. The first kappa shape index (κ1) is 21.3. The van der Waals surface area contributed by atoms with E-state index in [2.05, 4.69) is 134 Å². The van der Waals surface area contributed by atoms with E-state index in [0.717, 1.165) is 6.42 Å². The minimum atomic E-state index is -0.0349. The number of benzene rings is 4. The van der Waals surface area contributed by atoms with Crippen molar-refractivity contribution in [2.75, 3.05) is 5.32 Å². The van der Waals surface area contributed by atoms with Gasteiger partial charge < -0.3 is 9.88 Å². The Balaban J connectivity index is 1.43. The smallest absolute Gasteiger partial charge is 0.0638 e. The summed E-state index contributed by atoms with van der Waals surface area (Å²) in [6.45, 7) is 6.86. The van der Waals surface area contributed by atoms with Gasteiger partial charge in [0.05, 0.1) is 16.6 Å². The predicted octanol–water partition coefficient (Wildman–Crippen LogP) is 8.96. The van der Waals surface area contributed by atoms with Gasteiger partial charge in [0.2, 0.25) is 0 Å². The number of anilines is 1. The molecule has 0 radical (unpaired) electrons. The first-order valence-corrected chi connectivity index (χ1v) is 13.0. The molecule has 2 nitrogen and oxygen atoms in total. The largest absolute Gasteiger partial charge is 0.375 e. The fourth-order valence-electron chi connectivity index (χ4n) is 6.05. The standard InChI is InChI=1S/C34H30N2/c1-22(2)23-13-15-32-28(19-23)29-20-24(14-16-33(29)36(32)26-9-5-4-6-10-26)25-17-18-34(3)30(21-25)27-11-7-8-12-31(27)35-34/h4-17,19-22,35H,18H2,1-3H3. The van der Waals surface area contributed by atoms with Crippen LogP contribution in [0.4, 0.5) is 5.69 Å². The van der Waals surface area contributed by atoms with Crippen molar-refractivity contribution >= 4 is 38.6 Å². The summed E-state index contributed by atoms with van der Waals surface area (Å²) in [5.41, 5.74) is 11.6. The number of fused-ring (bicyclic) bond motifs is 6. The average Bonchev–Trinajstić information content (AvgIpc) is 3.39. The normalized spacial score (nSPS) is 18.7. The van der Waals surface area contributed by atoms with E-state index in [1.807, 2.05) is 0 Å². The summed E-state index contributed by atoms with van der Waals surface area (Å²) in [5, 5.41) is 6.40.